The first-order valence-corrected chi connectivity index (χ1v) is 9.47. The van der Waals surface area contributed by atoms with Gasteiger partial charge in [0, 0.05) is 18.4 Å². The van der Waals surface area contributed by atoms with Crippen molar-refractivity contribution in [3.63, 3.8) is 0 Å². The third-order valence-electron chi connectivity index (χ3n) is 4.83. The van der Waals surface area contributed by atoms with E-state index in [-0.39, 0.29) is 11.9 Å². The lowest BCUT2D eigenvalue weighted by Crippen LogP contribution is -2.26. The van der Waals surface area contributed by atoms with E-state index >= 15 is 0 Å². The smallest absolute Gasteiger partial charge is 0.220 e. The minimum atomic E-state index is -0.0541. The molecular formula is C24H22N2O2. The molecule has 4 aromatic rings. The predicted molar refractivity (Wildman–Crippen MR) is 111 cm³/mol. The number of aryl methyl sites for hydroxylation is 1. The van der Waals surface area contributed by atoms with Crippen LogP contribution in [-0.4, -0.2) is 10.9 Å². The summed E-state index contributed by atoms with van der Waals surface area (Å²) >= 11 is 0. The molecule has 0 aliphatic rings. The monoisotopic (exact) mass is 370 g/mol. The van der Waals surface area contributed by atoms with Crippen molar-refractivity contribution >= 4 is 16.7 Å². The second-order valence-electron chi connectivity index (χ2n) is 6.88. The van der Waals surface area contributed by atoms with E-state index in [0.717, 1.165) is 16.9 Å². The summed E-state index contributed by atoms with van der Waals surface area (Å²) in [4.78, 5) is 16.6. The van der Waals surface area contributed by atoms with Crippen molar-refractivity contribution in [1.82, 2.24) is 10.3 Å². The van der Waals surface area contributed by atoms with Gasteiger partial charge in [0.15, 0.2) is 11.7 Å². The van der Waals surface area contributed by atoms with E-state index in [1.165, 1.54) is 10.8 Å². The normalized spacial score (nSPS) is 12.0. The number of hydrogen-bond acceptors (Lipinski definition) is 3. The van der Waals surface area contributed by atoms with E-state index in [9.17, 15) is 4.79 Å². The van der Waals surface area contributed by atoms with Crippen LogP contribution in [0.4, 0.5) is 0 Å². The molecule has 0 fully saturated rings. The molecule has 0 saturated carbocycles. The van der Waals surface area contributed by atoms with Gasteiger partial charge in [0.2, 0.25) is 5.91 Å². The fourth-order valence-corrected chi connectivity index (χ4v) is 3.26. The number of benzene rings is 3. The predicted octanol–water partition coefficient (Wildman–Crippen LogP) is 5.30. The maximum atomic E-state index is 12.4. The van der Waals surface area contributed by atoms with Crippen LogP contribution >= 0.6 is 0 Å². The van der Waals surface area contributed by atoms with Gasteiger partial charge in [-0.1, -0.05) is 66.7 Å². The van der Waals surface area contributed by atoms with Crippen molar-refractivity contribution in [1.29, 1.82) is 0 Å². The quantitative estimate of drug-likeness (QED) is 0.501. The molecule has 4 nitrogen and oxygen atoms in total. The Morgan fingerprint density at radius 1 is 1.00 bits per heavy atom. The first-order chi connectivity index (χ1) is 13.7. The average Bonchev–Trinajstić information content (AvgIpc) is 3.22. The number of amides is 1. The summed E-state index contributed by atoms with van der Waals surface area (Å²) in [6, 6.07) is 24.3. The lowest BCUT2D eigenvalue weighted by atomic mass is 10.0. The minimum absolute atomic E-state index is 0.0138. The van der Waals surface area contributed by atoms with Crippen molar-refractivity contribution in [2.24, 2.45) is 0 Å². The lowest BCUT2D eigenvalue weighted by Gasteiger charge is -2.15. The van der Waals surface area contributed by atoms with Crippen molar-refractivity contribution in [2.45, 2.75) is 25.8 Å². The zero-order valence-corrected chi connectivity index (χ0v) is 15.8. The van der Waals surface area contributed by atoms with Gasteiger partial charge in [-0.3, -0.25) is 4.79 Å². The Bertz CT molecular complexity index is 1090. The highest BCUT2D eigenvalue weighted by molar-refractivity contribution is 5.83. The fraction of sp³-hybridized carbons (Fsp3) is 0.167. The van der Waals surface area contributed by atoms with Crippen LogP contribution in [-0.2, 0) is 11.2 Å². The molecule has 1 aromatic heterocycles. The van der Waals surface area contributed by atoms with Crippen molar-refractivity contribution in [3.8, 4) is 11.3 Å². The summed E-state index contributed by atoms with van der Waals surface area (Å²) < 4.78 is 5.77. The summed E-state index contributed by atoms with van der Waals surface area (Å²) in [6.45, 7) is 2.00. The van der Waals surface area contributed by atoms with Crippen LogP contribution in [0.15, 0.2) is 83.4 Å². The Kier molecular flexibility index (Phi) is 5.20. The summed E-state index contributed by atoms with van der Waals surface area (Å²) in [5.74, 6) is 1.29. The first-order valence-electron chi connectivity index (χ1n) is 9.47. The van der Waals surface area contributed by atoms with Gasteiger partial charge in [-0.25, -0.2) is 4.98 Å². The number of aromatic nitrogens is 1. The van der Waals surface area contributed by atoms with Gasteiger partial charge in [0.1, 0.15) is 0 Å². The maximum Gasteiger partial charge on any atom is 0.220 e. The molecular weight excluding hydrogens is 348 g/mol. The van der Waals surface area contributed by atoms with Gasteiger partial charge in [-0.2, -0.15) is 0 Å². The topological polar surface area (TPSA) is 55.1 Å². The zero-order chi connectivity index (χ0) is 19.3. The van der Waals surface area contributed by atoms with Gasteiger partial charge >= 0.3 is 0 Å². The molecule has 0 spiro atoms. The number of nitrogens with one attached hydrogen (secondary N) is 1. The largest absolute Gasteiger partial charge is 0.441 e. The summed E-state index contributed by atoms with van der Waals surface area (Å²) in [6.07, 6.45) is 2.52. The SMILES string of the molecule is C[C@H](NC(=O)CCc1ncc(-c2ccccc2)o1)c1ccc2ccccc2c1. The Balaban J connectivity index is 1.34. The molecule has 0 radical (unpaired) electrons. The van der Waals surface area contributed by atoms with E-state index in [4.69, 9.17) is 4.42 Å². The molecule has 1 heterocycles. The summed E-state index contributed by atoms with van der Waals surface area (Å²) in [5.41, 5.74) is 2.07. The van der Waals surface area contributed by atoms with Crippen LogP contribution in [0.25, 0.3) is 22.1 Å². The molecule has 1 amide bonds. The fourth-order valence-electron chi connectivity index (χ4n) is 3.26. The third-order valence-corrected chi connectivity index (χ3v) is 4.83. The van der Waals surface area contributed by atoms with Gasteiger partial charge in [0.05, 0.1) is 12.2 Å². The Hall–Kier alpha value is -3.40. The molecule has 0 saturated heterocycles. The number of rotatable bonds is 6. The molecule has 140 valence electrons. The van der Waals surface area contributed by atoms with Crippen molar-refractivity contribution in [2.75, 3.05) is 0 Å². The van der Waals surface area contributed by atoms with Crippen LogP contribution in [0.2, 0.25) is 0 Å². The second kappa shape index (κ2) is 8.09. The highest BCUT2D eigenvalue weighted by Crippen LogP contribution is 2.22. The molecule has 0 bridgehead atoms. The van der Waals surface area contributed by atoms with Gasteiger partial charge in [0.25, 0.3) is 0 Å². The number of nitrogens with zero attached hydrogens (tertiary/aromatic N) is 1. The first kappa shape index (κ1) is 18.0. The standard InChI is InChI=1S/C24H22N2O2/c1-17(20-12-11-18-7-5-6-10-21(18)15-20)26-23(27)13-14-24-25-16-22(28-24)19-8-3-2-4-9-19/h2-12,15-17H,13-14H2,1H3,(H,26,27)/t17-/m0/s1. The van der Waals surface area contributed by atoms with E-state index in [1.54, 1.807) is 6.20 Å². The molecule has 1 atom stereocenters. The van der Waals surface area contributed by atoms with Gasteiger partial charge in [-0.15, -0.1) is 0 Å². The van der Waals surface area contributed by atoms with E-state index in [1.807, 2.05) is 49.4 Å². The van der Waals surface area contributed by atoms with Crippen LogP contribution in [0, 0.1) is 0 Å². The molecule has 4 rings (SSSR count). The van der Waals surface area contributed by atoms with Gasteiger partial charge < -0.3 is 9.73 Å². The molecule has 4 heteroatoms. The van der Waals surface area contributed by atoms with Crippen LogP contribution < -0.4 is 5.32 Å². The molecule has 1 N–H and O–H groups in total. The molecule has 0 unspecified atom stereocenters. The van der Waals surface area contributed by atoms with E-state index in [2.05, 4.69) is 40.6 Å². The number of oxazole rings is 1. The summed E-state index contributed by atoms with van der Waals surface area (Å²) in [5, 5.41) is 5.43. The number of fused-ring (bicyclic) bond motifs is 1. The third kappa shape index (κ3) is 4.12. The van der Waals surface area contributed by atoms with E-state index < -0.39 is 0 Å². The Morgan fingerprint density at radius 3 is 2.57 bits per heavy atom. The average molecular weight is 370 g/mol. The maximum absolute atomic E-state index is 12.4. The number of carbonyl (C=O) groups is 1. The zero-order valence-electron chi connectivity index (χ0n) is 15.8. The molecule has 28 heavy (non-hydrogen) atoms. The Labute approximate surface area is 164 Å². The van der Waals surface area contributed by atoms with Crippen LogP contribution in [0.3, 0.4) is 0 Å². The lowest BCUT2D eigenvalue weighted by molar-refractivity contribution is -0.121. The van der Waals surface area contributed by atoms with Crippen LogP contribution in [0.5, 0.6) is 0 Å². The van der Waals surface area contributed by atoms with Crippen LogP contribution in [0.1, 0.15) is 30.8 Å². The molecule has 3 aromatic carbocycles. The minimum Gasteiger partial charge on any atom is -0.441 e. The Morgan fingerprint density at radius 2 is 1.75 bits per heavy atom. The number of hydrogen-bond donors (Lipinski definition) is 1. The highest BCUT2D eigenvalue weighted by atomic mass is 16.4. The highest BCUT2D eigenvalue weighted by Gasteiger charge is 2.12. The van der Waals surface area contributed by atoms with E-state index in [0.29, 0.717) is 18.7 Å². The molecule has 0 aliphatic carbocycles. The van der Waals surface area contributed by atoms with Crippen molar-refractivity contribution in [3.05, 3.63) is 90.4 Å². The number of carbonyl (C=O) groups excluding carboxylic acids is 1. The van der Waals surface area contributed by atoms with Gasteiger partial charge in [-0.05, 0) is 29.3 Å². The summed E-state index contributed by atoms with van der Waals surface area (Å²) in [7, 11) is 0. The second-order valence-corrected chi connectivity index (χ2v) is 6.88. The molecule has 0 aliphatic heterocycles. The van der Waals surface area contributed by atoms with Crippen molar-refractivity contribution < 1.29 is 9.21 Å².